The van der Waals surface area contributed by atoms with Crippen molar-refractivity contribution in [1.29, 1.82) is 5.26 Å². The minimum Gasteiger partial charge on any atom is -0.456 e. The second-order valence-corrected chi connectivity index (χ2v) is 10.3. The first-order valence-electron chi connectivity index (χ1n) is 13.3. The normalized spacial score (nSPS) is 16.2. The number of likely N-dealkylation sites (tertiary alicyclic amines) is 1. The number of aromatic amines is 1. The van der Waals surface area contributed by atoms with Crippen molar-refractivity contribution in [2.45, 2.75) is 38.6 Å². The van der Waals surface area contributed by atoms with Crippen LogP contribution in [0.1, 0.15) is 41.6 Å². The van der Waals surface area contributed by atoms with E-state index in [2.05, 4.69) is 36.9 Å². The van der Waals surface area contributed by atoms with Crippen molar-refractivity contribution in [2.75, 3.05) is 23.7 Å². The first kappa shape index (κ1) is 25.3. The molecule has 0 atom stereocenters. The lowest BCUT2D eigenvalue weighted by atomic mass is 10.0. The number of anilines is 2. The highest BCUT2D eigenvalue weighted by molar-refractivity contribution is 6.03. The first-order valence-corrected chi connectivity index (χ1v) is 13.3. The van der Waals surface area contributed by atoms with E-state index in [1.165, 1.54) is 0 Å². The molecule has 2 amide bonds. The van der Waals surface area contributed by atoms with E-state index >= 15 is 0 Å². The summed E-state index contributed by atoms with van der Waals surface area (Å²) < 4.78 is 6.19. The second-order valence-electron chi connectivity index (χ2n) is 10.3. The second kappa shape index (κ2) is 10.3. The predicted molar refractivity (Wildman–Crippen MR) is 148 cm³/mol. The number of benzene rings is 1. The number of nitriles is 1. The van der Waals surface area contributed by atoms with Crippen LogP contribution in [0.2, 0.25) is 0 Å². The number of hydrogen-bond acceptors (Lipinski definition) is 8. The Morgan fingerprint density at radius 1 is 1.10 bits per heavy atom. The molecule has 1 aromatic carbocycles. The van der Waals surface area contributed by atoms with Gasteiger partial charge in [0.05, 0.1) is 6.07 Å². The lowest BCUT2D eigenvalue weighted by Gasteiger charge is -2.33. The van der Waals surface area contributed by atoms with Gasteiger partial charge in [0, 0.05) is 43.2 Å². The highest BCUT2D eigenvalue weighted by Crippen LogP contribution is 2.47. The van der Waals surface area contributed by atoms with Crippen molar-refractivity contribution in [3.8, 4) is 17.6 Å². The van der Waals surface area contributed by atoms with Gasteiger partial charge in [0.2, 0.25) is 5.91 Å². The Morgan fingerprint density at radius 3 is 2.55 bits per heavy atom. The predicted octanol–water partition coefficient (Wildman–Crippen LogP) is 4.41. The van der Waals surface area contributed by atoms with Gasteiger partial charge < -0.3 is 20.3 Å². The monoisotopic (exact) mass is 536 g/mol. The number of carbonyl (C=O) groups excluding carboxylic acids is 2. The molecular formula is C29H28N8O3. The zero-order valence-corrected chi connectivity index (χ0v) is 22.0. The standard InChI is InChI=1S/C29H28N8O3/c1-18-6-12-31-23(16-18)34-27(38)19-2-4-21(5-3-19)40-22-7-13-32-25-24(22)26(36-35-25)33-20-8-14-37(15-9-20)28(39)29(17-30)10-11-29/h2-7,12-13,16,20H,8-11,14-15H2,1H3,(H,31,34,38)(H2,32,33,35,36). The maximum Gasteiger partial charge on any atom is 0.256 e. The molecule has 3 aromatic heterocycles. The summed E-state index contributed by atoms with van der Waals surface area (Å²) in [7, 11) is 0. The molecule has 202 valence electrons. The Morgan fingerprint density at radius 2 is 1.85 bits per heavy atom. The first-order chi connectivity index (χ1) is 19.4. The van der Waals surface area contributed by atoms with Gasteiger partial charge in [0.25, 0.3) is 5.91 Å². The van der Waals surface area contributed by atoms with Crippen molar-refractivity contribution < 1.29 is 14.3 Å². The van der Waals surface area contributed by atoms with Crippen molar-refractivity contribution >= 4 is 34.5 Å². The summed E-state index contributed by atoms with van der Waals surface area (Å²) in [4.78, 5) is 35.7. The summed E-state index contributed by atoms with van der Waals surface area (Å²) in [5, 5.41) is 23.7. The van der Waals surface area contributed by atoms with Crippen LogP contribution in [0.5, 0.6) is 11.5 Å². The van der Waals surface area contributed by atoms with Gasteiger partial charge in [-0.05, 0) is 74.6 Å². The van der Waals surface area contributed by atoms with E-state index in [0.717, 1.165) is 23.8 Å². The molecule has 4 heterocycles. The summed E-state index contributed by atoms with van der Waals surface area (Å²) in [5.74, 6) is 1.96. The molecule has 1 saturated heterocycles. The van der Waals surface area contributed by atoms with Crippen molar-refractivity contribution in [3.63, 3.8) is 0 Å². The number of pyridine rings is 2. The molecule has 0 bridgehead atoms. The van der Waals surface area contributed by atoms with Crippen molar-refractivity contribution in [1.82, 2.24) is 25.1 Å². The summed E-state index contributed by atoms with van der Waals surface area (Å²) in [6.07, 6.45) is 6.12. The number of rotatable bonds is 7. The quantitative estimate of drug-likeness (QED) is 0.314. The Balaban J connectivity index is 1.12. The fourth-order valence-corrected chi connectivity index (χ4v) is 4.93. The number of piperidine rings is 1. The Labute approximate surface area is 230 Å². The molecule has 0 spiro atoms. The SMILES string of the molecule is Cc1ccnc(NC(=O)c2ccc(Oc3ccnc4[nH]nc(NC5CCN(C(=O)C6(C#N)CC6)CC5)c34)cc2)c1. The molecule has 1 saturated carbocycles. The van der Waals surface area contributed by atoms with Crippen molar-refractivity contribution in [3.05, 3.63) is 66.0 Å². The molecule has 40 heavy (non-hydrogen) atoms. The Bertz CT molecular complexity index is 1610. The summed E-state index contributed by atoms with van der Waals surface area (Å²) >= 11 is 0. The van der Waals surface area contributed by atoms with E-state index in [4.69, 9.17) is 4.74 Å². The molecule has 11 nitrogen and oxygen atoms in total. The van der Waals surface area contributed by atoms with Crippen LogP contribution in [0.4, 0.5) is 11.6 Å². The van der Waals surface area contributed by atoms with Gasteiger partial charge in [0.1, 0.15) is 28.1 Å². The third kappa shape index (κ3) is 5.03. The van der Waals surface area contributed by atoms with Gasteiger partial charge in [-0.3, -0.25) is 14.7 Å². The Hall–Kier alpha value is -4.98. The Kier molecular flexibility index (Phi) is 6.51. The molecule has 0 unspecified atom stereocenters. The van der Waals surface area contributed by atoms with Crippen LogP contribution in [-0.2, 0) is 4.79 Å². The lowest BCUT2D eigenvalue weighted by Crippen LogP contribution is -2.45. The molecule has 6 rings (SSSR count). The zero-order chi connectivity index (χ0) is 27.7. The molecule has 2 fully saturated rings. The molecule has 1 aliphatic carbocycles. The van der Waals surface area contributed by atoms with Gasteiger partial charge in [0.15, 0.2) is 11.5 Å². The molecular weight excluding hydrogens is 508 g/mol. The number of ether oxygens (including phenoxy) is 1. The maximum atomic E-state index is 12.7. The molecule has 11 heteroatoms. The molecule has 2 aliphatic rings. The van der Waals surface area contributed by atoms with E-state index in [1.54, 1.807) is 42.7 Å². The number of carbonyl (C=O) groups is 2. The fraction of sp³-hybridized carbons (Fsp3) is 0.310. The number of amides is 2. The number of H-pyrrole nitrogens is 1. The van der Waals surface area contributed by atoms with E-state index < -0.39 is 5.41 Å². The van der Waals surface area contributed by atoms with E-state index in [0.29, 0.717) is 60.3 Å². The van der Waals surface area contributed by atoms with Crippen LogP contribution < -0.4 is 15.4 Å². The molecule has 0 radical (unpaired) electrons. The van der Waals surface area contributed by atoms with Crippen LogP contribution in [0, 0.1) is 23.7 Å². The van der Waals surface area contributed by atoms with Gasteiger partial charge in [-0.25, -0.2) is 9.97 Å². The number of nitrogens with zero attached hydrogens (tertiary/aromatic N) is 5. The maximum absolute atomic E-state index is 12.7. The molecule has 1 aliphatic heterocycles. The number of aryl methyl sites for hydroxylation is 1. The third-order valence-corrected chi connectivity index (χ3v) is 7.42. The molecule has 3 N–H and O–H groups in total. The molecule has 4 aromatic rings. The van der Waals surface area contributed by atoms with E-state index in [-0.39, 0.29) is 17.9 Å². The fourth-order valence-electron chi connectivity index (χ4n) is 4.93. The largest absolute Gasteiger partial charge is 0.456 e. The highest BCUT2D eigenvalue weighted by Gasteiger charge is 2.52. The number of fused-ring (bicyclic) bond motifs is 1. The smallest absolute Gasteiger partial charge is 0.256 e. The van der Waals surface area contributed by atoms with E-state index in [9.17, 15) is 14.9 Å². The van der Waals surface area contributed by atoms with Crippen LogP contribution in [-0.4, -0.2) is 56.0 Å². The average Bonchev–Trinajstić information content (AvgIpc) is 3.67. The average molecular weight is 537 g/mol. The summed E-state index contributed by atoms with van der Waals surface area (Å²) in [6, 6.07) is 14.6. The number of hydrogen-bond donors (Lipinski definition) is 3. The van der Waals surface area contributed by atoms with E-state index in [1.807, 2.05) is 24.0 Å². The van der Waals surface area contributed by atoms with Gasteiger partial charge in [-0.15, -0.1) is 0 Å². The van der Waals surface area contributed by atoms with Crippen LogP contribution in [0.3, 0.4) is 0 Å². The van der Waals surface area contributed by atoms with Gasteiger partial charge in [-0.1, -0.05) is 0 Å². The number of nitrogens with one attached hydrogen (secondary N) is 3. The third-order valence-electron chi connectivity index (χ3n) is 7.42. The minimum atomic E-state index is -0.781. The van der Waals surface area contributed by atoms with Crippen LogP contribution in [0.15, 0.2) is 54.9 Å². The number of aromatic nitrogens is 4. The summed E-state index contributed by atoms with van der Waals surface area (Å²) in [5.41, 5.74) is 1.29. The van der Waals surface area contributed by atoms with Crippen molar-refractivity contribution in [2.24, 2.45) is 5.41 Å². The summed E-state index contributed by atoms with van der Waals surface area (Å²) in [6.45, 7) is 3.14. The highest BCUT2D eigenvalue weighted by atomic mass is 16.5. The lowest BCUT2D eigenvalue weighted by molar-refractivity contribution is -0.135. The minimum absolute atomic E-state index is 0.0334. The van der Waals surface area contributed by atoms with Gasteiger partial charge in [-0.2, -0.15) is 10.4 Å². The van der Waals surface area contributed by atoms with Crippen LogP contribution >= 0.6 is 0 Å². The zero-order valence-electron chi connectivity index (χ0n) is 22.0. The van der Waals surface area contributed by atoms with Crippen LogP contribution in [0.25, 0.3) is 11.0 Å². The topological polar surface area (TPSA) is 149 Å². The van der Waals surface area contributed by atoms with Gasteiger partial charge >= 0.3 is 0 Å².